The van der Waals surface area contributed by atoms with E-state index in [1.54, 1.807) is 13.0 Å². The van der Waals surface area contributed by atoms with Crippen molar-refractivity contribution in [3.05, 3.63) is 65.9 Å². The van der Waals surface area contributed by atoms with Crippen LogP contribution in [0.4, 0.5) is 5.69 Å². The first-order valence-corrected chi connectivity index (χ1v) is 9.45. The first kappa shape index (κ1) is 17.6. The quantitative estimate of drug-likeness (QED) is 0.642. The molecule has 0 spiro atoms. The molecule has 1 aliphatic rings. The number of ether oxygens (including phenoxy) is 1. The molecule has 5 heteroatoms. The molecule has 0 bridgehead atoms. The second kappa shape index (κ2) is 7.84. The molecule has 140 valence electrons. The third kappa shape index (κ3) is 3.98. The molecule has 3 aromatic rings. The largest absolute Gasteiger partial charge is 0.460 e. The maximum absolute atomic E-state index is 11.9. The van der Waals surface area contributed by atoms with Crippen LogP contribution in [0.2, 0.25) is 0 Å². The van der Waals surface area contributed by atoms with Crippen LogP contribution in [0.1, 0.15) is 23.0 Å². The normalized spacial score (nSPS) is 15.2. The van der Waals surface area contributed by atoms with Gasteiger partial charge in [0.2, 0.25) is 5.76 Å². The maximum atomic E-state index is 11.9. The molecular weight excluding hydrogens is 340 g/mol. The molecule has 0 radical (unpaired) electrons. The highest BCUT2D eigenvalue weighted by Gasteiger charge is 2.19. The molecule has 2 heterocycles. The molecule has 27 heavy (non-hydrogen) atoms. The van der Waals surface area contributed by atoms with E-state index in [0.29, 0.717) is 12.2 Å². The Bertz CT molecular complexity index is 912. The predicted molar refractivity (Wildman–Crippen MR) is 106 cm³/mol. The molecule has 1 saturated heterocycles. The van der Waals surface area contributed by atoms with Crippen LogP contribution in [-0.2, 0) is 11.3 Å². The summed E-state index contributed by atoms with van der Waals surface area (Å²) in [6.07, 6.45) is 0. The molecule has 2 aromatic carbocycles. The number of furan rings is 1. The maximum Gasteiger partial charge on any atom is 0.374 e. The Hall–Kier alpha value is -2.79. The summed E-state index contributed by atoms with van der Waals surface area (Å²) in [5.41, 5.74) is 3.24. The monoisotopic (exact) mass is 364 g/mol. The van der Waals surface area contributed by atoms with Gasteiger partial charge in [0.1, 0.15) is 5.58 Å². The fourth-order valence-corrected chi connectivity index (χ4v) is 3.54. The Kier molecular flexibility index (Phi) is 5.12. The predicted octanol–water partition coefficient (Wildman–Crippen LogP) is 3.93. The van der Waals surface area contributed by atoms with Gasteiger partial charge in [0.25, 0.3) is 0 Å². The van der Waals surface area contributed by atoms with E-state index >= 15 is 0 Å². The molecule has 0 unspecified atom stereocenters. The molecule has 0 amide bonds. The Morgan fingerprint density at radius 3 is 2.56 bits per heavy atom. The lowest BCUT2D eigenvalue weighted by atomic mass is 10.1. The van der Waals surface area contributed by atoms with Crippen molar-refractivity contribution < 1.29 is 13.9 Å². The number of carbonyl (C=O) groups excluding carboxylic acids is 1. The van der Waals surface area contributed by atoms with E-state index in [-0.39, 0.29) is 5.76 Å². The zero-order valence-corrected chi connectivity index (χ0v) is 15.6. The number of piperazine rings is 1. The molecule has 0 aliphatic carbocycles. The van der Waals surface area contributed by atoms with Crippen LogP contribution in [0.25, 0.3) is 11.0 Å². The van der Waals surface area contributed by atoms with E-state index in [1.807, 2.05) is 6.07 Å². The van der Waals surface area contributed by atoms with Crippen molar-refractivity contribution >= 4 is 22.6 Å². The van der Waals surface area contributed by atoms with E-state index in [4.69, 9.17) is 9.15 Å². The Morgan fingerprint density at radius 2 is 1.81 bits per heavy atom. The topological polar surface area (TPSA) is 45.9 Å². The van der Waals surface area contributed by atoms with Gasteiger partial charge < -0.3 is 14.1 Å². The highest BCUT2D eigenvalue weighted by Crippen LogP contribution is 2.26. The highest BCUT2D eigenvalue weighted by atomic mass is 16.5. The van der Waals surface area contributed by atoms with E-state index < -0.39 is 5.97 Å². The van der Waals surface area contributed by atoms with Crippen molar-refractivity contribution in [1.82, 2.24) is 4.90 Å². The summed E-state index contributed by atoms with van der Waals surface area (Å²) in [5, 5.41) is 0.933. The highest BCUT2D eigenvalue weighted by molar-refractivity contribution is 5.93. The van der Waals surface area contributed by atoms with Gasteiger partial charge in [-0.2, -0.15) is 0 Å². The van der Waals surface area contributed by atoms with E-state index in [0.717, 1.165) is 43.8 Å². The smallest absolute Gasteiger partial charge is 0.374 e. The molecule has 1 aliphatic heterocycles. The van der Waals surface area contributed by atoms with Crippen LogP contribution >= 0.6 is 0 Å². The van der Waals surface area contributed by atoms with Gasteiger partial charge in [-0.3, -0.25) is 4.90 Å². The first-order chi connectivity index (χ1) is 13.2. The van der Waals surface area contributed by atoms with Crippen molar-refractivity contribution in [3.8, 4) is 0 Å². The summed E-state index contributed by atoms with van der Waals surface area (Å²) in [4.78, 5) is 16.7. The number of esters is 1. The lowest BCUT2D eigenvalue weighted by Crippen LogP contribution is -2.45. The molecule has 0 saturated carbocycles. The van der Waals surface area contributed by atoms with Crippen molar-refractivity contribution in [2.75, 3.05) is 37.7 Å². The van der Waals surface area contributed by atoms with Crippen LogP contribution in [0.15, 0.2) is 59.0 Å². The second-order valence-electron chi connectivity index (χ2n) is 6.80. The average Bonchev–Trinajstić information content (AvgIpc) is 3.13. The molecule has 4 rings (SSSR count). The second-order valence-corrected chi connectivity index (χ2v) is 6.80. The van der Waals surface area contributed by atoms with Crippen LogP contribution in [0.5, 0.6) is 0 Å². The Balaban J connectivity index is 1.42. The third-order valence-electron chi connectivity index (χ3n) is 4.96. The molecular formula is C22H24N2O3. The van der Waals surface area contributed by atoms with E-state index in [9.17, 15) is 4.79 Å². The molecule has 0 N–H and O–H groups in total. The van der Waals surface area contributed by atoms with Crippen LogP contribution in [-0.4, -0.2) is 43.7 Å². The number of anilines is 1. The molecule has 1 aromatic heterocycles. The fraction of sp³-hybridized carbons (Fsp3) is 0.318. The lowest BCUT2D eigenvalue weighted by molar-refractivity contribution is 0.0492. The summed E-state index contributed by atoms with van der Waals surface area (Å²) in [5.74, 6) is -0.151. The summed E-state index contributed by atoms with van der Waals surface area (Å²) in [6.45, 7) is 7.17. The first-order valence-electron chi connectivity index (χ1n) is 9.45. The van der Waals surface area contributed by atoms with Crippen LogP contribution in [0.3, 0.4) is 0 Å². The number of hydrogen-bond acceptors (Lipinski definition) is 5. The number of hydrogen-bond donors (Lipinski definition) is 0. The Morgan fingerprint density at radius 1 is 1.04 bits per heavy atom. The SMILES string of the molecule is CCOC(=O)c1cc2cc(N3CCN(Cc4ccccc4)CC3)ccc2o1. The van der Waals surface area contributed by atoms with Crippen molar-refractivity contribution in [2.45, 2.75) is 13.5 Å². The van der Waals surface area contributed by atoms with Crippen molar-refractivity contribution in [1.29, 1.82) is 0 Å². The van der Waals surface area contributed by atoms with Gasteiger partial charge in [-0.05, 0) is 36.8 Å². The molecule has 1 fully saturated rings. The minimum Gasteiger partial charge on any atom is -0.460 e. The van der Waals surface area contributed by atoms with Crippen LogP contribution in [0, 0.1) is 0 Å². The number of rotatable bonds is 5. The summed E-state index contributed by atoms with van der Waals surface area (Å²) in [6, 6.07) is 18.5. The van der Waals surface area contributed by atoms with Gasteiger partial charge in [0.15, 0.2) is 0 Å². The number of benzene rings is 2. The zero-order chi connectivity index (χ0) is 18.6. The third-order valence-corrected chi connectivity index (χ3v) is 4.96. The standard InChI is InChI=1S/C22H24N2O3/c1-2-26-22(25)21-15-18-14-19(8-9-20(18)27-21)24-12-10-23(11-13-24)16-17-6-4-3-5-7-17/h3-9,14-15H,2,10-13,16H2,1H3. The number of nitrogens with zero attached hydrogens (tertiary/aromatic N) is 2. The van der Waals surface area contributed by atoms with Gasteiger partial charge >= 0.3 is 5.97 Å². The van der Waals surface area contributed by atoms with E-state index in [2.05, 4.69) is 52.3 Å². The van der Waals surface area contributed by atoms with Crippen molar-refractivity contribution in [3.63, 3.8) is 0 Å². The van der Waals surface area contributed by atoms with Gasteiger partial charge in [-0.1, -0.05) is 30.3 Å². The van der Waals surface area contributed by atoms with Crippen molar-refractivity contribution in [2.24, 2.45) is 0 Å². The zero-order valence-electron chi connectivity index (χ0n) is 15.6. The fourth-order valence-electron chi connectivity index (χ4n) is 3.54. The lowest BCUT2D eigenvalue weighted by Gasteiger charge is -2.36. The van der Waals surface area contributed by atoms with Gasteiger partial charge in [0, 0.05) is 43.8 Å². The average molecular weight is 364 g/mol. The summed E-state index contributed by atoms with van der Waals surface area (Å²) in [7, 11) is 0. The molecule has 5 nitrogen and oxygen atoms in total. The van der Waals surface area contributed by atoms with Crippen LogP contribution < -0.4 is 4.90 Å². The van der Waals surface area contributed by atoms with Gasteiger partial charge in [0.05, 0.1) is 6.61 Å². The van der Waals surface area contributed by atoms with Gasteiger partial charge in [-0.15, -0.1) is 0 Å². The number of carbonyl (C=O) groups is 1. The summed E-state index contributed by atoms with van der Waals surface area (Å²) >= 11 is 0. The minimum absolute atomic E-state index is 0.261. The van der Waals surface area contributed by atoms with Gasteiger partial charge in [-0.25, -0.2) is 4.79 Å². The summed E-state index contributed by atoms with van der Waals surface area (Å²) < 4.78 is 10.6. The Labute approximate surface area is 159 Å². The number of fused-ring (bicyclic) bond motifs is 1. The van der Waals surface area contributed by atoms with E-state index in [1.165, 1.54) is 5.56 Å². The minimum atomic E-state index is -0.412. The molecule has 0 atom stereocenters.